The molecule has 0 aliphatic heterocycles. The molecule has 232 valence electrons. The van der Waals surface area contributed by atoms with E-state index in [9.17, 15) is 48.8 Å². The highest BCUT2D eigenvalue weighted by Crippen LogP contribution is 2.48. The molecule has 0 amide bonds. The highest BCUT2D eigenvalue weighted by Gasteiger charge is 2.36. The van der Waals surface area contributed by atoms with Gasteiger partial charge in [0.1, 0.15) is 34.3 Å². The molecule has 4 aromatic carbocycles. The molecule has 17 heteroatoms. The number of nitrogens with zero attached hydrogens (tertiary/aromatic N) is 2. The van der Waals surface area contributed by atoms with E-state index in [4.69, 9.17) is 4.74 Å². The highest BCUT2D eigenvalue weighted by atomic mass is 19.2. The predicted octanol–water partition coefficient (Wildman–Crippen LogP) is 7.48. The summed E-state index contributed by atoms with van der Waals surface area (Å²) < 4.78 is 95.5. The first-order chi connectivity index (χ1) is 21.0. The van der Waals surface area contributed by atoms with Crippen molar-refractivity contribution in [2.24, 2.45) is 0 Å². The summed E-state index contributed by atoms with van der Waals surface area (Å²) in [5.74, 6) is -17.3. The van der Waals surface area contributed by atoms with E-state index in [-0.39, 0.29) is 0 Å². The number of rotatable bonds is 8. The Hall–Kier alpha value is -6.00. The third-order valence-corrected chi connectivity index (χ3v) is 6.51. The monoisotopic (exact) mass is 636 g/mol. The molecule has 0 bridgehead atoms. The average Bonchev–Trinajstić information content (AvgIpc) is 2.95. The maximum absolute atomic E-state index is 15.2. The van der Waals surface area contributed by atoms with Gasteiger partial charge in [0.05, 0.1) is 32.1 Å². The number of hydrogen-bond acceptors (Lipinski definition) is 7. The molecule has 4 aromatic rings. The van der Waals surface area contributed by atoms with Crippen molar-refractivity contribution in [2.45, 2.75) is 13.8 Å². The largest absolute Gasteiger partial charge is 0.477 e. The van der Waals surface area contributed by atoms with E-state index in [1.807, 2.05) is 0 Å². The molecule has 0 radical (unpaired) electrons. The van der Waals surface area contributed by atoms with Gasteiger partial charge < -0.3 is 14.9 Å². The summed E-state index contributed by atoms with van der Waals surface area (Å²) in [7, 11) is 0. The number of aryl methyl sites for hydroxylation is 2. The maximum atomic E-state index is 15.2. The molecule has 0 saturated heterocycles. The highest BCUT2D eigenvalue weighted by molar-refractivity contribution is 6.04. The Labute approximate surface area is 245 Å². The van der Waals surface area contributed by atoms with Crippen molar-refractivity contribution in [1.29, 1.82) is 0 Å². The summed E-state index contributed by atoms with van der Waals surface area (Å²) in [5.41, 5.74) is -12.3. The van der Waals surface area contributed by atoms with Crippen LogP contribution in [-0.4, -0.2) is 32.0 Å². The van der Waals surface area contributed by atoms with Gasteiger partial charge in [-0.3, -0.25) is 20.2 Å². The van der Waals surface area contributed by atoms with Gasteiger partial charge in [0, 0.05) is 12.1 Å². The summed E-state index contributed by atoms with van der Waals surface area (Å²) in [5, 5.41) is 43.0. The number of nitro benzene ring substituents is 2. The molecule has 45 heavy (non-hydrogen) atoms. The van der Waals surface area contributed by atoms with Crippen LogP contribution in [0.2, 0.25) is 0 Å². The number of aromatic carboxylic acids is 2. The van der Waals surface area contributed by atoms with E-state index in [0.717, 1.165) is 13.8 Å². The van der Waals surface area contributed by atoms with Crippen molar-refractivity contribution in [3.8, 4) is 33.8 Å². The second-order valence-corrected chi connectivity index (χ2v) is 9.25. The Morgan fingerprint density at radius 2 is 0.956 bits per heavy atom. The van der Waals surface area contributed by atoms with E-state index in [2.05, 4.69) is 0 Å². The van der Waals surface area contributed by atoms with Crippen molar-refractivity contribution in [1.82, 2.24) is 0 Å². The number of ether oxygens (including phenoxy) is 1. The number of benzene rings is 4. The first kappa shape index (κ1) is 31.9. The van der Waals surface area contributed by atoms with Crippen LogP contribution in [0.1, 0.15) is 31.8 Å². The SMILES string of the molecule is Cc1cc(F)c(-c2c(Oc3ccc([N+](=O)[O-])c(C(=O)O)c3-c3c(F)cc(C)c(F)c3F)ccc([N+](=O)[O-])c2C(=O)O)c(F)c1F. The van der Waals surface area contributed by atoms with Gasteiger partial charge in [0.15, 0.2) is 23.3 Å². The minimum Gasteiger partial charge on any atom is -0.477 e. The van der Waals surface area contributed by atoms with Crippen molar-refractivity contribution in [2.75, 3.05) is 0 Å². The topological polar surface area (TPSA) is 170 Å². The minimum absolute atomic E-state index is 0.418. The molecular formula is C28H14F6N2O9. The average molecular weight is 636 g/mol. The van der Waals surface area contributed by atoms with Crippen LogP contribution in [-0.2, 0) is 0 Å². The third kappa shape index (κ3) is 5.34. The van der Waals surface area contributed by atoms with Crippen molar-refractivity contribution in [3.05, 3.63) is 114 Å². The van der Waals surface area contributed by atoms with Gasteiger partial charge in [-0.25, -0.2) is 35.9 Å². The lowest BCUT2D eigenvalue weighted by atomic mass is 9.93. The van der Waals surface area contributed by atoms with Crippen molar-refractivity contribution >= 4 is 23.3 Å². The molecule has 4 rings (SSSR count). The Bertz CT molecular complexity index is 1860. The summed E-state index contributed by atoms with van der Waals surface area (Å²) in [6.45, 7) is 1.88. The number of hydrogen-bond donors (Lipinski definition) is 2. The molecule has 11 nitrogen and oxygen atoms in total. The van der Waals surface area contributed by atoms with E-state index >= 15 is 17.6 Å². The van der Waals surface area contributed by atoms with Gasteiger partial charge in [-0.1, -0.05) is 0 Å². The summed E-state index contributed by atoms with van der Waals surface area (Å²) in [4.78, 5) is 45.2. The molecule has 0 unspecified atom stereocenters. The van der Waals surface area contributed by atoms with Gasteiger partial charge in [0.25, 0.3) is 11.4 Å². The molecule has 0 fully saturated rings. The van der Waals surface area contributed by atoms with Gasteiger partial charge in [-0.2, -0.15) is 0 Å². The molecule has 0 saturated carbocycles. The zero-order valence-electron chi connectivity index (χ0n) is 22.4. The van der Waals surface area contributed by atoms with E-state index in [1.54, 1.807) is 0 Å². The molecule has 0 atom stereocenters. The van der Waals surface area contributed by atoms with Gasteiger partial charge in [0.2, 0.25) is 0 Å². The predicted molar refractivity (Wildman–Crippen MR) is 140 cm³/mol. The molecular weight excluding hydrogens is 622 g/mol. The molecule has 0 aliphatic rings. The standard InChI is InChI=1S/C28H14F6N2O9/c1-9-7-11(29)17(25(33)23(9)31)21-15(5-3-13(35(41)42)19(21)27(37)38)45-16-6-4-14(36(43)44)20(28(39)40)22(16)18-12(30)8-10(2)24(32)26(18)34/h3-8H,1-2H3,(H,37,38)(H,39,40). The zero-order chi connectivity index (χ0) is 33.7. The van der Waals surface area contributed by atoms with Crippen LogP contribution in [0.5, 0.6) is 11.5 Å². The second kappa shape index (κ2) is 11.6. The van der Waals surface area contributed by atoms with Crippen LogP contribution in [0.3, 0.4) is 0 Å². The second-order valence-electron chi connectivity index (χ2n) is 9.25. The smallest absolute Gasteiger partial charge is 0.343 e. The van der Waals surface area contributed by atoms with Crippen LogP contribution in [0.25, 0.3) is 22.3 Å². The Morgan fingerprint density at radius 1 is 0.622 bits per heavy atom. The van der Waals surface area contributed by atoms with Crippen LogP contribution in [0.4, 0.5) is 37.7 Å². The number of nitro groups is 2. The lowest BCUT2D eigenvalue weighted by Crippen LogP contribution is -2.11. The molecule has 0 heterocycles. The van der Waals surface area contributed by atoms with Crippen molar-refractivity contribution in [3.63, 3.8) is 0 Å². The Kier molecular flexibility index (Phi) is 8.22. The molecule has 0 aliphatic carbocycles. The maximum Gasteiger partial charge on any atom is 0.343 e. The van der Waals surface area contributed by atoms with Crippen LogP contribution in [0, 0.1) is 69.0 Å². The molecule has 0 spiro atoms. The Balaban J connectivity index is 2.21. The van der Waals surface area contributed by atoms with Crippen LogP contribution >= 0.6 is 0 Å². The lowest BCUT2D eigenvalue weighted by molar-refractivity contribution is -0.385. The fraction of sp³-hybridized carbons (Fsp3) is 0.0714. The summed E-state index contributed by atoms with van der Waals surface area (Å²) >= 11 is 0. The zero-order valence-corrected chi connectivity index (χ0v) is 22.4. The lowest BCUT2D eigenvalue weighted by Gasteiger charge is -2.19. The first-order valence-electron chi connectivity index (χ1n) is 12.1. The molecule has 2 N–H and O–H groups in total. The summed E-state index contributed by atoms with van der Waals surface area (Å²) in [6, 6.07) is 2.87. The minimum atomic E-state index is -2.19. The molecule has 0 aromatic heterocycles. The van der Waals surface area contributed by atoms with Gasteiger partial charge >= 0.3 is 11.9 Å². The van der Waals surface area contributed by atoms with Gasteiger partial charge in [-0.15, -0.1) is 0 Å². The Morgan fingerprint density at radius 3 is 1.24 bits per heavy atom. The van der Waals surface area contributed by atoms with E-state index < -0.39 is 124 Å². The van der Waals surface area contributed by atoms with Crippen molar-refractivity contribution < 1.29 is 60.7 Å². The fourth-order valence-electron chi connectivity index (χ4n) is 4.55. The number of carboxylic acids is 2. The third-order valence-electron chi connectivity index (χ3n) is 6.51. The number of halogens is 6. The summed E-state index contributed by atoms with van der Waals surface area (Å²) in [6.07, 6.45) is 0. The number of carbonyl (C=O) groups is 2. The van der Waals surface area contributed by atoms with Crippen LogP contribution in [0.15, 0.2) is 36.4 Å². The van der Waals surface area contributed by atoms with Crippen LogP contribution < -0.4 is 4.74 Å². The number of carboxylic acid groups (broad SMARTS) is 2. The van der Waals surface area contributed by atoms with Gasteiger partial charge in [-0.05, 0) is 49.2 Å². The normalized spacial score (nSPS) is 10.9. The van der Waals surface area contributed by atoms with E-state index in [1.165, 1.54) is 0 Å². The van der Waals surface area contributed by atoms with E-state index in [0.29, 0.717) is 36.4 Å². The first-order valence-corrected chi connectivity index (χ1v) is 12.1. The quantitative estimate of drug-likeness (QED) is 0.0861. The fourth-order valence-corrected chi connectivity index (χ4v) is 4.55.